The van der Waals surface area contributed by atoms with Gasteiger partial charge in [-0.15, -0.1) is 0 Å². The predicted octanol–water partition coefficient (Wildman–Crippen LogP) is 4.10. The number of hydrogen-bond acceptors (Lipinski definition) is 3. The van der Waals surface area contributed by atoms with Crippen molar-refractivity contribution in [1.82, 2.24) is 9.88 Å². The Morgan fingerprint density at radius 2 is 1.79 bits per heavy atom. The van der Waals surface area contributed by atoms with E-state index < -0.39 is 0 Å². The number of aromatic nitrogens is 1. The number of Topliss-reactive ketones (excluding diaryl/α,β-unsaturated/α-hetero) is 1. The van der Waals surface area contributed by atoms with Gasteiger partial charge in [0.25, 0.3) is 0 Å². The molecule has 2 aromatic rings. The highest BCUT2D eigenvalue weighted by Gasteiger charge is 2.40. The Morgan fingerprint density at radius 3 is 2.46 bits per heavy atom. The normalized spacial score (nSPS) is 26.9. The van der Waals surface area contributed by atoms with Crippen LogP contribution < -0.4 is 0 Å². The van der Waals surface area contributed by atoms with E-state index in [1.165, 1.54) is 24.8 Å². The molecule has 2 atom stereocenters. The molecule has 3 nitrogen and oxygen atoms in total. The van der Waals surface area contributed by atoms with Crippen molar-refractivity contribution in [2.24, 2.45) is 5.92 Å². The van der Waals surface area contributed by atoms with Crippen LogP contribution in [0.4, 0.5) is 0 Å². The molecule has 24 heavy (non-hydrogen) atoms. The standard InChI is InChI=1S/C21H24N2O/c24-21(17-8-5-11-22-14-17)18-12-19-9-4-10-20(13-18)23(19)15-16-6-2-1-3-7-16/h1-3,5-8,11,14,18-20H,4,9-10,12-13,15H2. The summed E-state index contributed by atoms with van der Waals surface area (Å²) >= 11 is 0. The van der Waals surface area contributed by atoms with Gasteiger partial charge in [0.1, 0.15) is 0 Å². The van der Waals surface area contributed by atoms with Gasteiger partial charge in [-0.1, -0.05) is 36.8 Å². The number of piperidine rings is 2. The first-order valence-corrected chi connectivity index (χ1v) is 9.05. The van der Waals surface area contributed by atoms with Crippen LogP contribution in [0.25, 0.3) is 0 Å². The van der Waals surface area contributed by atoms with Crippen molar-refractivity contribution < 1.29 is 4.79 Å². The van der Waals surface area contributed by atoms with Crippen LogP contribution >= 0.6 is 0 Å². The molecule has 2 aliphatic heterocycles. The number of ketones is 1. The fraction of sp³-hybridized carbons (Fsp3) is 0.429. The molecule has 2 bridgehead atoms. The Balaban J connectivity index is 1.49. The quantitative estimate of drug-likeness (QED) is 0.795. The minimum atomic E-state index is 0.163. The van der Waals surface area contributed by atoms with Gasteiger partial charge >= 0.3 is 0 Å². The summed E-state index contributed by atoms with van der Waals surface area (Å²) in [5.74, 6) is 0.455. The number of pyridine rings is 1. The van der Waals surface area contributed by atoms with Crippen LogP contribution in [0.2, 0.25) is 0 Å². The Bertz CT molecular complexity index is 671. The van der Waals surface area contributed by atoms with Gasteiger partial charge in [-0.25, -0.2) is 0 Å². The Hall–Kier alpha value is -2.00. The average Bonchev–Trinajstić information content (AvgIpc) is 2.62. The maximum atomic E-state index is 12.8. The van der Waals surface area contributed by atoms with E-state index in [0.717, 1.165) is 24.9 Å². The lowest BCUT2D eigenvalue weighted by Gasteiger charge is -2.48. The number of nitrogens with zero attached hydrogens (tertiary/aromatic N) is 2. The summed E-state index contributed by atoms with van der Waals surface area (Å²) < 4.78 is 0. The minimum Gasteiger partial charge on any atom is -0.294 e. The lowest BCUT2D eigenvalue weighted by molar-refractivity contribution is 0.00905. The van der Waals surface area contributed by atoms with Crippen LogP contribution in [0.5, 0.6) is 0 Å². The van der Waals surface area contributed by atoms with Gasteiger partial charge in [0.2, 0.25) is 0 Å². The minimum absolute atomic E-state index is 0.163. The zero-order valence-corrected chi connectivity index (χ0v) is 14.0. The predicted molar refractivity (Wildman–Crippen MR) is 94.7 cm³/mol. The third-order valence-corrected chi connectivity index (χ3v) is 5.65. The van der Waals surface area contributed by atoms with Crippen molar-refractivity contribution in [3.8, 4) is 0 Å². The fourth-order valence-corrected chi connectivity index (χ4v) is 4.49. The number of benzene rings is 1. The number of carbonyl (C=O) groups is 1. The lowest BCUT2D eigenvalue weighted by atomic mass is 9.75. The van der Waals surface area contributed by atoms with E-state index in [2.05, 4.69) is 40.2 Å². The summed E-state index contributed by atoms with van der Waals surface area (Å²) in [6, 6.07) is 15.6. The SMILES string of the molecule is O=C(c1cccnc1)C1CC2CCCC(C1)N2Cc1ccccc1. The molecule has 2 unspecified atom stereocenters. The highest BCUT2D eigenvalue weighted by Crippen LogP contribution is 2.39. The van der Waals surface area contributed by atoms with Gasteiger partial charge < -0.3 is 0 Å². The van der Waals surface area contributed by atoms with Crippen LogP contribution in [0, 0.1) is 5.92 Å². The van der Waals surface area contributed by atoms with Crippen molar-refractivity contribution in [2.75, 3.05) is 0 Å². The average molecular weight is 320 g/mol. The van der Waals surface area contributed by atoms with E-state index in [-0.39, 0.29) is 5.92 Å². The molecule has 0 N–H and O–H groups in total. The third kappa shape index (κ3) is 3.13. The van der Waals surface area contributed by atoms with E-state index in [4.69, 9.17) is 0 Å². The van der Waals surface area contributed by atoms with Crippen molar-refractivity contribution in [2.45, 2.75) is 50.7 Å². The van der Waals surface area contributed by atoms with Crippen molar-refractivity contribution in [3.63, 3.8) is 0 Å². The smallest absolute Gasteiger partial charge is 0.167 e. The Kier molecular flexibility index (Phi) is 4.44. The highest BCUT2D eigenvalue weighted by atomic mass is 16.1. The molecular weight excluding hydrogens is 296 g/mol. The van der Waals surface area contributed by atoms with Crippen LogP contribution in [-0.4, -0.2) is 27.8 Å². The monoisotopic (exact) mass is 320 g/mol. The summed E-state index contributed by atoms with van der Waals surface area (Å²) in [5, 5.41) is 0. The fourth-order valence-electron chi connectivity index (χ4n) is 4.49. The molecule has 1 aromatic carbocycles. The number of rotatable bonds is 4. The molecule has 2 fully saturated rings. The first-order chi connectivity index (χ1) is 11.8. The molecule has 0 aliphatic carbocycles. The van der Waals surface area contributed by atoms with Gasteiger partial charge in [0.15, 0.2) is 5.78 Å². The van der Waals surface area contributed by atoms with E-state index in [9.17, 15) is 4.79 Å². The lowest BCUT2D eigenvalue weighted by Crippen LogP contribution is -2.52. The third-order valence-electron chi connectivity index (χ3n) is 5.65. The van der Waals surface area contributed by atoms with E-state index in [1.807, 2.05) is 12.1 Å². The molecule has 2 aliphatic rings. The molecular formula is C21H24N2O. The second kappa shape index (κ2) is 6.86. The van der Waals surface area contributed by atoms with Gasteiger partial charge in [-0.2, -0.15) is 0 Å². The zero-order chi connectivity index (χ0) is 16.4. The van der Waals surface area contributed by atoms with E-state index >= 15 is 0 Å². The summed E-state index contributed by atoms with van der Waals surface area (Å²) in [6.45, 7) is 1.02. The molecule has 3 heterocycles. The van der Waals surface area contributed by atoms with Gasteiger partial charge in [0.05, 0.1) is 0 Å². The summed E-state index contributed by atoms with van der Waals surface area (Å²) in [5.41, 5.74) is 2.16. The van der Waals surface area contributed by atoms with Crippen molar-refractivity contribution in [1.29, 1.82) is 0 Å². The summed E-state index contributed by atoms with van der Waals surface area (Å²) in [4.78, 5) is 19.6. The maximum Gasteiger partial charge on any atom is 0.167 e. The van der Waals surface area contributed by atoms with Gasteiger partial charge in [-0.3, -0.25) is 14.7 Å². The molecule has 1 aromatic heterocycles. The van der Waals surface area contributed by atoms with E-state index in [1.54, 1.807) is 12.4 Å². The first-order valence-electron chi connectivity index (χ1n) is 9.05. The molecule has 0 radical (unpaired) electrons. The molecule has 2 saturated heterocycles. The number of fused-ring (bicyclic) bond motifs is 2. The molecule has 124 valence electrons. The van der Waals surface area contributed by atoms with Crippen LogP contribution in [0.1, 0.15) is 48.0 Å². The zero-order valence-electron chi connectivity index (χ0n) is 14.0. The largest absolute Gasteiger partial charge is 0.294 e. The van der Waals surface area contributed by atoms with Gasteiger partial charge in [-0.05, 0) is 43.4 Å². The van der Waals surface area contributed by atoms with Crippen LogP contribution in [0.3, 0.4) is 0 Å². The second-order valence-corrected chi connectivity index (χ2v) is 7.17. The molecule has 0 saturated carbocycles. The van der Waals surface area contributed by atoms with Crippen molar-refractivity contribution >= 4 is 5.78 Å². The van der Waals surface area contributed by atoms with Gasteiger partial charge in [0, 0.05) is 42.5 Å². The molecule has 0 spiro atoms. The van der Waals surface area contributed by atoms with E-state index in [0.29, 0.717) is 17.9 Å². The second-order valence-electron chi connectivity index (χ2n) is 7.17. The summed E-state index contributed by atoms with van der Waals surface area (Å²) in [7, 11) is 0. The molecule has 3 heteroatoms. The summed E-state index contributed by atoms with van der Waals surface area (Å²) in [6.07, 6.45) is 9.19. The number of hydrogen-bond donors (Lipinski definition) is 0. The van der Waals surface area contributed by atoms with Crippen LogP contribution in [0.15, 0.2) is 54.9 Å². The van der Waals surface area contributed by atoms with Crippen molar-refractivity contribution in [3.05, 3.63) is 66.0 Å². The maximum absolute atomic E-state index is 12.8. The number of carbonyl (C=O) groups excluding carboxylic acids is 1. The van der Waals surface area contributed by atoms with Crippen LogP contribution in [-0.2, 0) is 6.54 Å². The Morgan fingerprint density at radius 1 is 1.04 bits per heavy atom. The Labute approximate surface area is 143 Å². The molecule has 0 amide bonds. The first kappa shape index (κ1) is 15.5. The molecule has 4 rings (SSSR count). The topological polar surface area (TPSA) is 33.2 Å². The highest BCUT2D eigenvalue weighted by molar-refractivity contribution is 5.97.